The van der Waals surface area contributed by atoms with Crippen molar-refractivity contribution in [3.05, 3.63) is 65.5 Å². The van der Waals surface area contributed by atoms with Gasteiger partial charge in [-0.1, -0.05) is 51.0 Å². The lowest BCUT2D eigenvalue weighted by Crippen LogP contribution is -2.00. The fourth-order valence-corrected chi connectivity index (χ4v) is 4.11. The summed E-state index contributed by atoms with van der Waals surface area (Å²) in [6.07, 6.45) is 10.5. The van der Waals surface area contributed by atoms with Crippen LogP contribution in [0.4, 0.5) is 0 Å². The number of benzene rings is 1. The van der Waals surface area contributed by atoms with E-state index in [1.807, 2.05) is 18.3 Å². The van der Waals surface area contributed by atoms with E-state index in [1.165, 1.54) is 37.5 Å². The van der Waals surface area contributed by atoms with E-state index in [0.717, 1.165) is 16.8 Å². The van der Waals surface area contributed by atoms with Gasteiger partial charge in [-0.3, -0.25) is 4.98 Å². The zero-order valence-corrected chi connectivity index (χ0v) is 16.6. The molecule has 0 spiro atoms. The monoisotopic (exact) mass is 369 g/mol. The molecule has 0 radical (unpaired) electrons. The van der Waals surface area contributed by atoms with Crippen LogP contribution in [0.3, 0.4) is 0 Å². The van der Waals surface area contributed by atoms with Crippen molar-refractivity contribution in [3.63, 3.8) is 0 Å². The number of allylic oxidation sites excluding steroid dienone is 1. The predicted octanol–water partition coefficient (Wildman–Crippen LogP) is 5.23. The molecule has 3 nitrogen and oxygen atoms in total. The summed E-state index contributed by atoms with van der Waals surface area (Å²) >= 11 is 0. The molecule has 4 heteroatoms. The van der Waals surface area contributed by atoms with Gasteiger partial charge < -0.3 is 0 Å². The highest BCUT2D eigenvalue weighted by Crippen LogP contribution is 2.32. The van der Waals surface area contributed by atoms with Crippen molar-refractivity contribution < 1.29 is 8.42 Å². The maximum atomic E-state index is 11.7. The first-order valence-corrected chi connectivity index (χ1v) is 11.2. The van der Waals surface area contributed by atoms with E-state index < -0.39 is 9.84 Å². The summed E-state index contributed by atoms with van der Waals surface area (Å²) in [5.41, 5.74) is 4.30. The average Bonchev–Trinajstić information content (AvgIpc) is 3.12. The third kappa shape index (κ3) is 4.42. The fraction of sp³-hybridized carbons (Fsp3) is 0.409. The lowest BCUT2D eigenvalue weighted by atomic mass is 9.95. The standard InChI is InChI=1S/C22H27NO2S/c1-16(2)19-10-13-22(23-15-19)21(14-17-6-4-5-7-17)18-8-11-20(12-9-18)26(3,24)25/h8-17H,4-7H2,1-3H3/b21-14+. The van der Waals surface area contributed by atoms with Gasteiger partial charge >= 0.3 is 0 Å². The topological polar surface area (TPSA) is 47.0 Å². The minimum absolute atomic E-state index is 0.351. The maximum absolute atomic E-state index is 11.7. The molecule has 26 heavy (non-hydrogen) atoms. The molecular formula is C22H27NO2S. The third-order valence-electron chi connectivity index (χ3n) is 5.12. The van der Waals surface area contributed by atoms with E-state index >= 15 is 0 Å². The molecule has 1 aliphatic rings. The van der Waals surface area contributed by atoms with Crippen molar-refractivity contribution >= 4 is 15.4 Å². The van der Waals surface area contributed by atoms with Crippen LogP contribution in [0.15, 0.2) is 53.6 Å². The quantitative estimate of drug-likeness (QED) is 0.725. The predicted molar refractivity (Wildman–Crippen MR) is 107 cm³/mol. The molecule has 1 aromatic carbocycles. The van der Waals surface area contributed by atoms with E-state index in [1.54, 1.807) is 12.1 Å². The van der Waals surface area contributed by atoms with Gasteiger partial charge in [0.15, 0.2) is 9.84 Å². The van der Waals surface area contributed by atoms with Gasteiger partial charge in [0.1, 0.15) is 0 Å². The van der Waals surface area contributed by atoms with E-state index in [4.69, 9.17) is 4.98 Å². The number of hydrogen-bond acceptors (Lipinski definition) is 3. The fourth-order valence-electron chi connectivity index (χ4n) is 3.48. The Bertz CT molecular complexity index is 873. The van der Waals surface area contributed by atoms with E-state index in [0.29, 0.717) is 16.7 Å². The van der Waals surface area contributed by atoms with Crippen molar-refractivity contribution in [2.75, 3.05) is 6.26 Å². The Balaban J connectivity index is 2.00. The summed E-state index contributed by atoms with van der Waals surface area (Å²) in [5, 5.41) is 0. The number of aromatic nitrogens is 1. The van der Waals surface area contributed by atoms with Gasteiger partial charge in [-0.25, -0.2) is 8.42 Å². The zero-order valence-electron chi connectivity index (χ0n) is 15.8. The molecule has 1 heterocycles. The third-order valence-corrected chi connectivity index (χ3v) is 6.25. The summed E-state index contributed by atoms with van der Waals surface area (Å²) in [6.45, 7) is 4.33. The second-order valence-electron chi connectivity index (χ2n) is 7.55. The van der Waals surface area contributed by atoms with Crippen molar-refractivity contribution in [1.29, 1.82) is 0 Å². The van der Waals surface area contributed by atoms with Crippen LogP contribution in [0.2, 0.25) is 0 Å². The van der Waals surface area contributed by atoms with Crippen LogP contribution in [0.5, 0.6) is 0 Å². The minimum atomic E-state index is -3.18. The molecule has 2 aromatic rings. The highest BCUT2D eigenvalue weighted by atomic mass is 32.2. The lowest BCUT2D eigenvalue weighted by Gasteiger charge is -2.13. The highest BCUT2D eigenvalue weighted by Gasteiger charge is 2.17. The number of nitrogens with zero attached hydrogens (tertiary/aromatic N) is 1. The first-order valence-electron chi connectivity index (χ1n) is 9.33. The van der Waals surface area contributed by atoms with Crippen LogP contribution in [0.25, 0.3) is 5.57 Å². The average molecular weight is 370 g/mol. The molecule has 0 atom stereocenters. The Morgan fingerprint density at radius 3 is 2.23 bits per heavy atom. The number of pyridine rings is 1. The zero-order chi connectivity index (χ0) is 18.7. The first kappa shape index (κ1) is 18.8. The summed E-state index contributed by atoms with van der Waals surface area (Å²) in [5.74, 6) is 1.03. The Hall–Kier alpha value is -1.94. The molecule has 0 amide bonds. The normalized spacial score (nSPS) is 16.4. The Labute approximate surface area is 157 Å². The van der Waals surface area contributed by atoms with Crippen LogP contribution >= 0.6 is 0 Å². The molecule has 0 aliphatic heterocycles. The summed E-state index contributed by atoms with van der Waals surface area (Å²) < 4.78 is 23.5. The molecule has 1 aliphatic carbocycles. The highest BCUT2D eigenvalue weighted by molar-refractivity contribution is 7.90. The molecular weight excluding hydrogens is 342 g/mol. The van der Waals surface area contributed by atoms with Crippen molar-refractivity contribution in [1.82, 2.24) is 4.98 Å². The Kier molecular flexibility index (Phi) is 5.61. The van der Waals surface area contributed by atoms with Gasteiger partial charge in [-0.2, -0.15) is 0 Å². The summed E-state index contributed by atoms with van der Waals surface area (Å²) in [4.78, 5) is 5.05. The Morgan fingerprint density at radius 2 is 1.73 bits per heavy atom. The van der Waals surface area contributed by atoms with E-state index in [2.05, 4.69) is 32.1 Å². The second-order valence-corrected chi connectivity index (χ2v) is 9.57. The minimum Gasteiger partial charge on any atom is -0.256 e. The van der Waals surface area contributed by atoms with Gasteiger partial charge in [0.05, 0.1) is 10.6 Å². The summed E-state index contributed by atoms with van der Waals surface area (Å²) in [7, 11) is -3.18. The van der Waals surface area contributed by atoms with Gasteiger partial charge in [0, 0.05) is 18.0 Å². The van der Waals surface area contributed by atoms with Crippen LogP contribution in [-0.2, 0) is 9.84 Å². The van der Waals surface area contributed by atoms with Crippen molar-refractivity contribution in [2.45, 2.75) is 50.3 Å². The molecule has 0 saturated heterocycles. The summed E-state index contributed by atoms with van der Waals surface area (Å²) in [6, 6.07) is 11.4. The number of hydrogen-bond donors (Lipinski definition) is 0. The molecule has 0 bridgehead atoms. The van der Waals surface area contributed by atoms with Crippen LogP contribution in [0, 0.1) is 5.92 Å². The van der Waals surface area contributed by atoms with E-state index in [-0.39, 0.29) is 0 Å². The molecule has 138 valence electrons. The molecule has 1 saturated carbocycles. The number of sulfone groups is 1. The Morgan fingerprint density at radius 1 is 1.08 bits per heavy atom. The van der Waals surface area contributed by atoms with Crippen LogP contribution in [0.1, 0.15) is 62.3 Å². The van der Waals surface area contributed by atoms with Gasteiger partial charge in [-0.05, 0) is 54.0 Å². The van der Waals surface area contributed by atoms with Crippen molar-refractivity contribution in [2.24, 2.45) is 5.92 Å². The first-order chi connectivity index (χ1) is 12.3. The maximum Gasteiger partial charge on any atom is 0.175 e. The van der Waals surface area contributed by atoms with Crippen molar-refractivity contribution in [3.8, 4) is 0 Å². The lowest BCUT2D eigenvalue weighted by molar-refractivity contribution is 0.602. The van der Waals surface area contributed by atoms with Crippen LogP contribution in [-0.4, -0.2) is 19.7 Å². The van der Waals surface area contributed by atoms with Crippen LogP contribution < -0.4 is 0 Å². The molecule has 0 N–H and O–H groups in total. The molecule has 1 fully saturated rings. The molecule has 3 rings (SSSR count). The van der Waals surface area contributed by atoms with Gasteiger partial charge in [0.2, 0.25) is 0 Å². The smallest absolute Gasteiger partial charge is 0.175 e. The van der Waals surface area contributed by atoms with Gasteiger partial charge in [-0.15, -0.1) is 0 Å². The number of rotatable bonds is 5. The van der Waals surface area contributed by atoms with E-state index in [9.17, 15) is 8.42 Å². The second kappa shape index (κ2) is 7.75. The van der Waals surface area contributed by atoms with Gasteiger partial charge in [0.25, 0.3) is 0 Å². The molecule has 1 aromatic heterocycles. The molecule has 0 unspecified atom stereocenters. The SMILES string of the molecule is CC(C)c1ccc(/C(=C/C2CCCC2)c2ccc(S(C)(=O)=O)cc2)nc1. The largest absolute Gasteiger partial charge is 0.256 e.